The molecule has 1 saturated carbocycles. The van der Waals surface area contributed by atoms with Gasteiger partial charge < -0.3 is 62.1 Å². The molecular formula is C69H116N11O9SU-. The summed E-state index contributed by atoms with van der Waals surface area (Å²) in [6.07, 6.45) is 13.3. The van der Waals surface area contributed by atoms with Crippen LogP contribution in [-0.4, -0.2) is 214 Å². The Balaban J connectivity index is 0.00000212. The van der Waals surface area contributed by atoms with Gasteiger partial charge in [0.05, 0.1) is 56.2 Å². The third-order valence-electron chi connectivity index (χ3n) is 18.6. The van der Waals surface area contributed by atoms with E-state index in [9.17, 15) is 14.7 Å². The van der Waals surface area contributed by atoms with Crippen molar-refractivity contribution in [2.24, 2.45) is 16.7 Å². The number of methoxy groups -OCH3 is 1. The number of nitrogens with zero attached hydrogens (tertiary/aromatic N) is 8. The fourth-order valence-corrected chi connectivity index (χ4v) is 14.0. The molecule has 91 heavy (non-hydrogen) atoms. The zero-order valence-electron chi connectivity index (χ0n) is 58.3. The summed E-state index contributed by atoms with van der Waals surface area (Å²) < 4.78 is 17.4. The van der Waals surface area contributed by atoms with E-state index in [1.807, 2.05) is 27.0 Å². The SMILES string of the molecule is CC.CC=O.CCN(/C(=C(\C)CC(C)(C)COC(C)=O)c1cc(N2CCN(C3CC3)CC2)cnc1C(C)OC)c1ccc(N(CCO)CCC(C(NC(=O)C(C(C)C)N2CCC[C@@]2(C)CCCNC(C)=O)C(=O)N2CCCCN2)N2CC3(COC3)C2)cc1.C[S-].[U]. The number of likely N-dealkylation sites (tertiary alicyclic amines) is 2. The van der Waals surface area contributed by atoms with Crippen molar-refractivity contribution < 1.29 is 74.4 Å². The first-order chi connectivity index (χ1) is 43.1. The van der Waals surface area contributed by atoms with E-state index in [0.717, 1.165) is 136 Å². The Morgan fingerprint density at radius 3 is 2.14 bits per heavy atom. The maximum atomic E-state index is 15.2. The van der Waals surface area contributed by atoms with Crippen molar-refractivity contribution in [3.05, 3.63) is 53.4 Å². The van der Waals surface area contributed by atoms with Crippen molar-refractivity contribution in [2.75, 3.05) is 140 Å². The average molecular weight is 1510 g/mol. The summed E-state index contributed by atoms with van der Waals surface area (Å²) in [6, 6.07) is 9.99. The van der Waals surface area contributed by atoms with Gasteiger partial charge >= 0.3 is 5.97 Å². The number of amides is 3. The van der Waals surface area contributed by atoms with E-state index in [0.29, 0.717) is 65.3 Å². The third-order valence-corrected chi connectivity index (χ3v) is 18.6. The number of benzene rings is 1. The van der Waals surface area contributed by atoms with Gasteiger partial charge in [-0.3, -0.25) is 43.9 Å². The van der Waals surface area contributed by atoms with Crippen LogP contribution in [0.25, 0.3) is 5.70 Å². The molecule has 4 N–H and O–H groups in total. The van der Waals surface area contributed by atoms with E-state index < -0.39 is 12.1 Å². The Bertz CT molecular complexity index is 2590. The minimum atomic E-state index is -0.837. The molecule has 20 nitrogen and oxygen atoms in total. The number of hydrogen-bond donors (Lipinski definition) is 4. The second-order valence-electron chi connectivity index (χ2n) is 26.6. The number of anilines is 3. The van der Waals surface area contributed by atoms with Gasteiger partial charge in [0.15, 0.2) is 0 Å². The third kappa shape index (κ3) is 22.1. The molecule has 8 rings (SSSR count). The van der Waals surface area contributed by atoms with Crippen molar-refractivity contribution in [1.29, 1.82) is 0 Å². The smallest absolute Gasteiger partial charge is 0.302 e. The first-order valence-electron chi connectivity index (χ1n) is 33.7. The average Bonchev–Trinajstić information content (AvgIpc) is 1.86. The van der Waals surface area contributed by atoms with E-state index >= 15 is 9.59 Å². The predicted molar refractivity (Wildman–Crippen MR) is 364 cm³/mol. The molecule has 5 saturated heterocycles. The zero-order chi connectivity index (χ0) is 66.3. The molecule has 5 aliphatic heterocycles. The predicted octanol–water partition coefficient (Wildman–Crippen LogP) is 8.00. The molecule has 4 unspecified atom stereocenters. The van der Waals surface area contributed by atoms with Gasteiger partial charge in [0.2, 0.25) is 11.8 Å². The van der Waals surface area contributed by atoms with Crippen LogP contribution in [0.5, 0.6) is 0 Å². The molecule has 2 aromatic rings. The zero-order valence-corrected chi connectivity index (χ0v) is 63.3. The van der Waals surface area contributed by atoms with Crippen LogP contribution in [0.1, 0.15) is 172 Å². The van der Waals surface area contributed by atoms with Crippen LogP contribution in [-0.2, 0) is 50.8 Å². The maximum absolute atomic E-state index is 15.2. The Kier molecular flexibility index (Phi) is 33.8. The van der Waals surface area contributed by atoms with Crippen molar-refractivity contribution in [3.63, 3.8) is 0 Å². The number of hydrogen-bond acceptors (Lipinski definition) is 18. The van der Waals surface area contributed by atoms with Gasteiger partial charge in [0.1, 0.15) is 12.3 Å². The van der Waals surface area contributed by atoms with Gasteiger partial charge in [-0.1, -0.05) is 41.5 Å². The maximum Gasteiger partial charge on any atom is 0.302 e. The van der Waals surface area contributed by atoms with Crippen LogP contribution >= 0.6 is 0 Å². The number of carbonyl (C=O) groups excluding carboxylic acids is 5. The number of aldehydes is 1. The number of rotatable bonds is 29. The van der Waals surface area contributed by atoms with E-state index in [1.54, 1.807) is 25.3 Å². The standard InChI is InChI=1S/C64H103N11O8.C2H4O.C2H6.CH4S.U/c1-12-73(59(46(4)38-62(8,9)42-83-49(7)78)54-37-53(39-66-56(54)47(5)81-11)71-33-31-70(32-34-71)51-17-18-51)52-21-19-50(20-22-52)69(35-36-76)30-23-55(72-40-64(41-72)43-82-44-64)57(61(80)75-29-14-13-27-67-75)68-60(79)58(45(2)3)74-28-16-25-63(74,10)24-15-26-65-48(6)77;1-2-3;2*1-2;/h19-22,37,39,45,47,51,55,57-58,67,76H,12-18,23-36,38,40-44H2,1-11H3,(H,65,77)(H,68,79);2H,1H3;1-2H3;2H,1H3;/p-1/b59-46+;;;;/t47?,55?,57?,58?,63-;;;;/m1..../s1. The van der Waals surface area contributed by atoms with Gasteiger partial charge in [-0.15, -0.1) is 0 Å². The van der Waals surface area contributed by atoms with Crippen molar-refractivity contribution in [3.8, 4) is 0 Å². The summed E-state index contributed by atoms with van der Waals surface area (Å²) in [5.74, 6) is -0.619. The number of esters is 1. The van der Waals surface area contributed by atoms with Crippen molar-refractivity contribution in [2.45, 2.75) is 190 Å². The fraction of sp³-hybridized carbons (Fsp3) is 0.739. The number of carbonyl (C=O) groups is 5. The molecule has 3 amide bonds. The minimum Gasteiger partial charge on any atom is -0.796 e. The quantitative estimate of drug-likeness (QED) is 0.0264. The number of allylic oxidation sites excluding steroid dienone is 1. The molecule has 6 aliphatic rings. The number of pyridine rings is 1. The molecule has 6 fully saturated rings. The number of ether oxygens (including phenoxy) is 3. The fourth-order valence-electron chi connectivity index (χ4n) is 14.0. The van der Waals surface area contributed by atoms with Crippen molar-refractivity contribution >= 4 is 65.4 Å². The van der Waals surface area contributed by atoms with E-state index in [-0.39, 0.29) is 102 Å². The summed E-state index contributed by atoms with van der Waals surface area (Å²) in [4.78, 5) is 82.8. The molecule has 0 bridgehead atoms. The first kappa shape index (κ1) is 79.6. The molecule has 1 spiro atoms. The summed E-state index contributed by atoms with van der Waals surface area (Å²) in [5.41, 5.74) is 9.87. The summed E-state index contributed by atoms with van der Waals surface area (Å²) >= 11 is 4.08. The Hall–Kier alpha value is -3.82. The summed E-state index contributed by atoms with van der Waals surface area (Å²) in [7, 11) is 1.73. The molecular weight excluding hydrogens is 1400 g/mol. The molecule has 22 heteroatoms. The largest absolute Gasteiger partial charge is 0.796 e. The number of aliphatic hydroxyl groups excluding tert-OH is 1. The molecule has 0 radical (unpaired) electrons. The molecule has 1 aromatic heterocycles. The minimum absolute atomic E-state index is 0. The first-order valence-corrected chi connectivity index (χ1v) is 34.5. The Labute approximate surface area is 576 Å². The van der Waals surface area contributed by atoms with Crippen LogP contribution in [0.15, 0.2) is 42.1 Å². The van der Waals surface area contributed by atoms with E-state index in [4.69, 9.17) is 24.0 Å². The van der Waals surface area contributed by atoms with Crippen molar-refractivity contribution in [1.82, 2.24) is 40.8 Å². The normalized spacial score (nSPS) is 20.6. The van der Waals surface area contributed by atoms with Crippen LogP contribution < -0.4 is 30.8 Å². The molecule has 512 valence electrons. The second kappa shape index (κ2) is 38.7. The molecule has 5 atom stereocenters. The number of nitrogens with one attached hydrogen (secondary N) is 3. The van der Waals surface area contributed by atoms with Gasteiger partial charge in [-0.2, -0.15) is 6.26 Å². The molecule has 1 aliphatic carbocycles. The number of piperazine rings is 1. The van der Waals surface area contributed by atoms with E-state index in [2.05, 4.69) is 137 Å². The number of aromatic nitrogens is 1. The number of hydrazine groups is 1. The van der Waals surface area contributed by atoms with Gasteiger partial charge in [0.25, 0.3) is 5.91 Å². The molecule has 6 heterocycles. The van der Waals surface area contributed by atoms with Crippen LogP contribution in [0.2, 0.25) is 0 Å². The van der Waals surface area contributed by atoms with Crippen LogP contribution in [0, 0.1) is 47.9 Å². The monoisotopic (exact) mass is 1510 g/mol. The molecule has 1 aromatic carbocycles. The van der Waals surface area contributed by atoms with Gasteiger partial charge in [0, 0.05) is 182 Å². The summed E-state index contributed by atoms with van der Waals surface area (Å²) in [6.45, 7) is 36.8. The number of aliphatic hydroxyl groups is 1. The van der Waals surface area contributed by atoms with E-state index in [1.165, 1.54) is 26.7 Å². The topological polar surface area (TPSA) is 205 Å². The van der Waals surface area contributed by atoms with Crippen LogP contribution in [0.3, 0.4) is 0 Å². The summed E-state index contributed by atoms with van der Waals surface area (Å²) in [5, 5.41) is 18.9. The van der Waals surface area contributed by atoms with Crippen LogP contribution in [0.4, 0.5) is 17.1 Å². The Morgan fingerprint density at radius 2 is 1.60 bits per heavy atom. The Morgan fingerprint density at radius 1 is 0.956 bits per heavy atom. The van der Waals surface area contributed by atoms with Gasteiger partial charge in [-0.25, -0.2) is 5.43 Å². The second-order valence-corrected chi connectivity index (χ2v) is 26.6. The van der Waals surface area contributed by atoms with Gasteiger partial charge in [-0.05, 0) is 147 Å².